The fraction of sp³-hybridized carbons (Fsp3) is 0.467. The van der Waals surface area contributed by atoms with E-state index in [9.17, 15) is 27.2 Å². The molecular formula is C15H16F4N2O2. The number of hydrogen-bond acceptors (Lipinski definition) is 2. The molecule has 0 aromatic heterocycles. The summed E-state index contributed by atoms with van der Waals surface area (Å²) in [5.74, 6) is -2.02. The van der Waals surface area contributed by atoms with Crippen LogP contribution in [0.25, 0.3) is 0 Å². The summed E-state index contributed by atoms with van der Waals surface area (Å²) >= 11 is 0. The Bertz CT molecular complexity index is 643. The van der Waals surface area contributed by atoms with Gasteiger partial charge in [0.05, 0.1) is 0 Å². The van der Waals surface area contributed by atoms with Crippen molar-refractivity contribution in [2.24, 2.45) is 11.8 Å². The zero-order valence-electron chi connectivity index (χ0n) is 12.6. The molecule has 0 bridgehead atoms. The van der Waals surface area contributed by atoms with E-state index in [0.29, 0.717) is 0 Å². The van der Waals surface area contributed by atoms with E-state index in [1.165, 1.54) is 13.0 Å². The van der Waals surface area contributed by atoms with Crippen LogP contribution in [0.3, 0.4) is 0 Å². The van der Waals surface area contributed by atoms with Gasteiger partial charge in [-0.2, -0.15) is 13.2 Å². The third-order valence-electron chi connectivity index (χ3n) is 3.76. The highest BCUT2D eigenvalue weighted by Gasteiger charge is 2.39. The van der Waals surface area contributed by atoms with Gasteiger partial charge >= 0.3 is 6.18 Å². The molecule has 1 aromatic carbocycles. The van der Waals surface area contributed by atoms with Crippen LogP contribution < -0.4 is 10.6 Å². The average Bonchev–Trinajstić information content (AvgIpc) is 3.17. The molecule has 1 aromatic rings. The van der Waals surface area contributed by atoms with Gasteiger partial charge in [-0.05, 0) is 31.4 Å². The van der Waals surface area contributed by atoms with Crippen molar-refractivity contribution in [3.05, 3.63) is 29.1 Å². The predicted molar refractivity (Wildman–Crippen MR) is 75.4 cm³/mol. The van der Waals surface area contributed by atoms with Gasteiger partial charge in [-0.3, -0.25) is 9.59 Å². The van der Waals surface area contributed by atoms with Gasteiger partial charge in [-0.1, -0.05) is 6.92 Å². The molecule has 2 rings (SSSR count). The lowest BCUT2D eigenvalue weighted by molar-refractivity contribution is -0.123. The second-order valence-corrected chi connectivity index (χ2v) is 5.74. The number of rotatable bonds is 4. The van der Waals surface area contributed by atoms with Crippen LogP contribution in [0.2, 0.25) is 0 Å². The van der Waals surface area contributed by atoms with Gasteiger partial charge in [-0.15, -0.1) is 0 Å². The maximum absolute atomic E-state index is 13.9. The minimum atomic E-state index is -4.56. The van der Waals surface area contributed by atoms with Crippen molar-refractivity contribution < 1.29 is 27.2 Å². The highest BCUT2D eigenvalue weighted by molar-refractivity contribution is 5.99. The molecule has 0 saturated heterocycles. The topological polar surface area (TPSA) is 58.2 Å². The lowest BCUT2D eigenvalue weighted by atomic mass is 10.1. The van der Waals surface area contributed by atoms with Crippen molar-refractivity contribution in [1.82, 2.24) is 5.32 Å². The maximum atomic E-state index is 13.9. The standard InChI is InChI=1S/C15H16F4N2O2/c1-7-3-10(7)14(23)21-12-5-9(4-11(16)8(12)2)13(22)20-6-15(17,18)19/h4-5,7,10H,3,6H2,1-2H3,(H,20,22)(H,21,23)/t7-,10+/m1/s1. The Morgan fingerprint density at radius 1 is 1.30 bits per heavy atom. The summed E-state index contributed by atoms with van der Waals surface area (Å²) in [5, 5.41) is 4.19. The van der Waals surface area contributed by atoms with Crippen molar-refractivity contribution in [3.8, 4) is 0 Å². The Morgan fingerprint density at radius 3 is 2.43 bits per heavy atom. The van der Waals surface area contributed by atoms with Crippen molar-refractivity contribution in [2.75, 3.05) is 11.9 Å². The lowest BCUT2D eigenvalue weighted by Gasteiger charge is -2.13. The Labute approximate surface area is 130 Å². The molecular weight excluding hydrogens is 316 g/mol. The largest absolute Gasteiger partial charge is 0.405 e. The van der Waals surface area contributed by atoms with Crippen LogP contribution in [0.15, 0.2) is 12.1 Å². The minimum Gasteiger partial charge on any atom is -0.343 e. The monoisotopic (exact) mass is 332 g/mol. The van der Waals surface area contributed by atoms with Crippen LogP contribution in [0, 0.1) is 24.6 Å². The van der Waals surface area contributed by atoms with E-state index in [1.807, 2.05) is 6.92 Å². The number of amides is 2. The van der Waals surface area contributed by atoms with Gasteiger partial charge in [-0.25, -0.2) is 4.39 Å². The van der Waals surface area contributed by atoms with E-state index in [-0.39, 0.29) is 34.6 Å². The first-order valence-electron chi connectivity index (χ1n) is 7.04. The zero-order valence-corrected chi connectivity index (χ0v) is 12.6. The first kappa shape index (κ1) is 17.2. The number of benzene rings is 1. The molecule has 0 spiro atoms. The Morgan fingerprint density at radius 2 is 1.91 bits per heavy atom. The molecule has 23 heavy (non-hydrogen) atoms. The van der Waals surface area contributed by atoms with Gasteiger partial charge in [0.2, 0.25) is 5.91 Å². The molecule has 1 aliphatic carbocycles. The molecule has 2 atom stereocenters. The first-order chi connectivity index (χ1) is 10.6. The first-order valence-corrected chi connectivity index (χ1v) is 7.04. The highest BCUT2D eigenvalue weighted by Crippen LogP contribution is 2.38. The summed E-state index contributed by atoms with van der Waals surface area (Å²) in [6.45, 7) is 1.81. The van der Waals surface area contributed by atoms with Gasteiger partial charge in [0.25, 0.3) is 5.91 Å². The van der Waals surface area contributed by atoms with E-state index in [4.69, 9.17) is 0 Å². The number of carbonyl (C=O) groups is 2. The molecule has 2 amide bonds. The summed E-state index contributed by atoms with van der Waals surface area (Å²) in [6.07, 6.45) is -3.82. The second kappa shape index (κ2) is 6.17. The van der Waals surface area contributed by atoms with Gasteiger partial charge in [0.15, 0.2) is 0 Å². The SMILES string of the molecule is Cc1c(F)cc(C(=O)NCC(F)(F)F)cc1NC(=O)[C@H]1C[C@H]1C. The molecule has 1 saturated carbocycles. The molecule has 0 aliphatic heterocycles. The van der Waals surface area contributed by atoms with Gasteiger partial charge in [0, 0.05) is 22.7 Å². The molecule has 2 N–H and O–H groups in total. The van der Waals surface area contributed by atoms with E-state index >= 15 is 0 Å². The number of carbonyl (C=O) groups excluding carboxylic acids is 2. The second-order valence-electron chi connectivity index (χ2n) is 5.74. The number of nitrogens with one attached hydrogen (secondary N) is 2. The van der Waals surface area contributed by atoms with Crippen molar-refractivity contribution in [3.63, 3.8) is 0 Å². The normalized spacial score (nSPS) is 20.1. The molecule has 1 fully saturated rings. The van der Waals surface area contributed by atoms with Crippen LogP contribution in [0.5, 0.6) is 0 Å². The van der Waals surface area contributed by atoms with E-state index in [1.54, 1.807) is 5.32 Å². The predicted octanol–water partition coefficient (Wildman–Crippen LogP) is 3.02. The zero-order chi connectivity index (χ0) is 17.4. The Kier molecular flexibility index (Phi) is 4.63. The molecule has 1 aliphatic rings. The minimum absolute atomic E-state index is 0.0891. The third kappa shape index (κ3) is 4.43. The van der Waals surface area contributed by atoms with E-state index < -0.39 is 24.4 Å². The Hall–Kier alpha value is -2.12. The maximum Gasteiger partial charge on any atom is 0.405 e. The van der Waals surface area contributed by atoms with Crippen molar-refractivity contribution in [1.29, 1.82) is 0 Å². The van der Waals surface area contributed by atoms with Gasteiger partial charge in [0.1, 0.15) is 12.4 Å². The fourth-order valence-electron chi connectivity index (χ4n) is 2.14. The highest BCUT2D eigenvalue weighted by atomic mass is 19.4. The van der Waals surface area contributed by atoms with Crippen LogP contribution >= 0.6 is 0 Å². The number of hydrogen-bond donors (Lipinski definition) is 2. The summed E-state index contributed by atoms with van der Waals surface area (Å²) in [6, 6.07) is 2.02. The summed E-state index contributed by atoms with van der Waals surface area (Å²) < 4.78 is 50.2. The van der Waals surface area contributed by atoms with Crippen LogP contribution in [-0.4, -0.2) is 24.5 Å². The van der Waals surface area contributed by atoms with Crippen molar-refractivity contribution >= 4 is 17.5 Å². The van der Waals surface area contributed by atoms with Gasteiger partial charge < -0.3 is 10.6 Å². The molecule has 4 nitrogen and oxygen atoms in total. The van der Waals surface area contributed by atoms with Crippen LogP contribution in [-0.2, 0) is 4.79 Å². The number of alkyl halides is 3. The molecule has 0 radical (unpaired) electrons. The fourth-order valence-corrected chi connectivity index (χ4v) is 2.14. The summed E-state index contributed by atoms with van der Waals surface area (Å²) in [5.41, 5.74) is -0.0678. The molecule has 126 valence electrons. The van der Waals surface area contributed by atoms with Crippen molar-refractivity contribution in [2.45, 2.75) is 26.4 Å². The van der Waals surface area contributed by atoms with Crippen LogP contribution in [0.4, 0.5) is 23.2 Å². The smallest absolute Gasteiger partial charge is 0.343 e. The van der Waals surface area contributed by atoms with E-state index in [2.05, 4.69) is 5.32 Å². The van der Waals surface area contributed by atoms with E-state index in [0.717, 1.165) is 12.5 Å². The summed E-state index contributed by atoms with van der Waals surface area (Å²) in [4.78, 5) is 23.6. The molecule has 0 heterocycles. The number of halogens is 4. The summed E-state index contributed by atoms with van der Waals surface area (Å²) in [7, 11) is 0. The number of anilines is 1. The Balaban J connectivity index is 2.15. The lowest BCUT2D eigenvalue weighted by Crippen LogP contribution is -2.33. The van der Waals surface area contributed by atoms with Crippen LogP contribution in [0.1, 0.15) is 29.3 Å². The quantitative estimate of drug-likeness (QED) is 0.833. The molecule has 8 heteroatoms. The average molecular weight is 332 g/mol. The third-order valence-corrected chi connectivity index (χ3v) is 3.76. The molecule has 0 unspecified atom stereocenters.